The second-order valence-corrected chi connectivity index (χ2v) is 6.96. The van der Waals surface area contributed by atoms with Crippen LogP contribution < -0.4 is 15.5 Å². The predicted octanol–water partition coefficient (Wildman–Crippen LogP) is 2.54. The third-order valence-electron chi connectivity index (χ3n) is 4.80. The lowest BCUT2D eigenvalue weighted by Gasteiger charge is -2.18. The summed E-state index contributed by atoms with van der Waals surface area (Å²) in [5.41, 5.74) is 1.12. The number of nitrogens with one attached hydrogen (secondary N) is 2. The minimum atomic E-state index is 0.245. The van der Waals surface area contributed by atoms with Gasteiger partial charge in [-0.05, 0) is 50.2 Å². The summed E-state index contributed by atoms with van der Waals surface area (Å²) in [5, 5.41) is 15.9. The molecule has 1 aliphatic heterocycles. The monoisotopic (exact) mass is 361 g/mol. The van der Waals surface area contributed by atoms with Crippen molar-refractivity contribution in [2.24, 2.45) is 10.9 Å². The van der Waals surface area contributed by atoms with E-state index >= 15 is 0 Å². The highest BCUT2D eigenvalue weighted by Crippen LogP contribution is 2.17. The van der Waals surface area contributed by atoms with E-state index in [0.29, 0.717) is 12.5 Å². The minimum absolute atomic E-state index is 0.245. The van der Waals surface area contributed by atoms with E-state index in [0.717, 1.165) is 62.8 Å². The molecule has 0 amide bonds. The Bertz CT molecular complexity index is 520. The van der Waals surface area contributed by atoms with Crippen molar-refractivity contribution < 1.29 is 5.11 Å². The maximum atomic E-state index is 9.20. The largest absolute Gasteiger partial charge is 0.396 e. The van der Waals surface area contributed by atoms with Crippen LogP contribution in [-0.2, 0) is 6.54 Å². The van der Waals surface area contributed by atoms with Crippen molar-refractivity contribution in [3.05, 3.63) is 23.9 Å². The lowest BCUT2D eigenvalue weighted by atomic mass is 10.0. The number of nitrogens with zero attached hydrogens (tertiary/aromatic N) is 3. The Morgan fingerprint density at radius 3 is 2.65 bits per heavy atom. The van der Waals surface area contributed by atoms with Gasteiger partial charge in [0.25, 0.3) is 0 Å². The van der Waals surface area contributed by atoms with Crippen molar-refractivity contribution in [3.63, 3.8) is 0 Å². The number of aliphatic imine (C=N–C) groups is 1. The van der Waals surface area contributed by atoms with Crippen molar-refractivity contribution in [3.8, 4) is 0 Å². The molecule has 146 valence electrons. The van der Waals surface area contributed by atoms with Crippen molar-refractivity contribution in [2.75, 3.05) is 37.7 Å². The molecule has 1 aromatic heterocycles. The Morgan fingerprint density at radius 2 is 2.04 bits per heavy atom. The number of aromatic nitrogens is 1. The number of pyridine rings is 1. The van der Waals surface area contributed by atoms with Crippen LogP contribution >= 0.6 is 0 Å². The van der Waals surface area contributed by atoms with Gasteiger partial charge >= 0.3 is 0 Å². The normalized spacial score (nSPS) is 16.0. The van der Waals surface area contributed by atoms with E-state index in [-0.39, 0.29) is 6.61 Å². The highest BCUT2D eigenvalue weighted by Gasteiger charge is 2.13. The number of hydrogen-bond donors (Lipinski definition) is 3. The number of guanidine groups is 1. The average molecular weight is 362 g/mol. The van der Waals surface area contributed by atoms with E-state index in [1.807, 2.05) is 6.20 Å². The molecule has 6 nitrogen and oxygen atoms in total. The Labute approximate surface area is 158 Å². The van der Waals surface area contributed by atoms with E-state index in [1.165, 1.54) is 12.8 Å². The molecule has 0 aliphatic carbocycles. The number of aliphatic hydroxyl groups is 1. The zero-order valence-electron chi connectivity index (χ0n) is 16.4. The highest BCUT2D eigenvalue weighted by molar-refractivity contribution is 5.79. The first-order valence-electron chi connectivity index (χ1n) is 10.1. The summed E-state index contributed by atoms with van der Waals surface area (Å²) >= 11 is 0. The third-order valence-corrected chi connectivity index (χ3v) is 4.80. The molecule has 1 atom stereocenters. The molecule has 2 heterocycles. The average Bonchev–Trinajstić information content (AvgIpc) is 3.19. The molecule has 1 aromatic rings. The molecule has 1 saturated heterocycles. The van der Waals surface area contributed by atoms with E-state index in [9.17, 15) is 5.11 Å². The van der Waals surface area contributed by atoms with Crippen LogP contribution in [0.2, 0.25) is 0 Å². The van der Waals surface area contributed by atoms with Crippen LogP contribution in [0, 0.1) is 5.92 Å². The lowest BCUT2D eigenvalue weighted by Crippen LogP contribution is -2.40. The molecule has 2 rings (SSSR count). The number of hydrogen-bond acceptors (Lipinski definition) is 4. The van der Waals surface area contributed by atoms with Gasteiger partial charge < -0.3 is 20.6 Å². The molecule has 1 aliphatic rings. The van der Waals surface area contributed by atoms with Gasteiger partial charge in [0.1, 0.15) is 5.82 Å². The molecule has 1 fully saturated rings. The molecule has 0 aromatic carbocycles. The van der Waals surface area contributed by atoms with Gasteiger partial charge in [-0.15, -0.1) is 0 Å². The summed E-state index contributed by atoms with van der Waals surface area (Å²) in [7, 11) is 0. The van der Waals surface area contributed by atoms with Crippen LogP contribution in [0.1, 0.15) is 51.5 Å². The number of rotatable bonds is 10. The van der Waals surface area contributed by atoms with E-state index < -0.39 is 0 Å². The molecule has 0 spiro atoms. The smallest absolute Gasteiger partial charge is 0.191 e. The van der Waals surface area contributed by atoms with Gasteiger partial charge in [0.2, 0.25) is 0 Å². The predicted molar refractivity (Wildman–Crippen MR) is 109 cm³/mol. The summed E-state index contributed by atoms with van der Waals surface area (Å²) < 4.78 is 0. The van der Waals surface area contributed by atoms with E-state index in [1.54, 1.807) is 0 Å². The molecule has 0 saturated carbocycles. The fraction of sp³-hybridized carbons (Fsp3) is 0.700. The zero-order chi connectivity index (χ0) is 18.6. The Kier molecular flexibility index (Phi) is 9.24. The van der Waals surface area contributed by atoms with Crippen molar-refractivity contribution >= 4 is 11.8 Å². The second-order valence-electron chi connectivity index (χ2n) is 6.96. The quantitative estimate of drug-likeness (QED) is 0.441. The van der Waals surface area contributed by atoms with Crippen LogP contribution in [0.4, 0.5) is 5.82 Å². The Morgan fingerprint density at radius 1 is 1.23 bits per heavy atom. The fourth-order valence-electron chi connectivity index (χ4n) is 3.34. The second kappa shape index (κ2) is 11.7. The topological polar surface area (TPSA) is 72.8 Å². The van der Waals surface area contributed by atoms with Gasteiger partial charge in [0.15, 0.2) is 5.96 Å². The first kappa shape index (κ1) is 20.5. The third kappa shape index (κ3) is 6.83. The molecule has 1 unspecified atom stereocenters. The van der Waals surface area contributed by atoms with Crippen LogP contribution in [0.3, 0.4) is 0 Å². The summed E-state index contributed by atoms with van der Waals surface area (Å²) in [6.45, 7) is 9.01. The lowest BCUT2D eigenvalue weighted by molar-refractivity contribution is 0.251. The van der Waals surface area contributed by atoms with Gasteiger partial charge in [-0.25, -0.2) is 9.98 Å². The molecule has 0 bridgehead atoms. The number of anilines is 1. The molecule has 6 heteroatoms. The van der Waals surface area contributed by atoms with Crippen molar-refractivity contribution in [1.29, 1.82) is 0 Å². The van der Waals surface area contributed by atoms with E-state index in [4.69, 9.17) is 0 Å². The molecular formula is C20H35N5O. The summed E-state index contributed by atoms with van der Waals surface area (Å²) in [6.07, 6.45) is 7.56. The maximum absolute atomic E-state index is 9.20. The molecule has 0 radical (unpaired) electrons. The minimum Gasteiger partial charge on any atom is -0.396 e. The van der Waals surface area contributed by atoms with Gasteiger partial charge in [0, 0.05) is 39.0 Å². The van der Waals surface area contributed by atoms with Crippen LogP contribution in [0.15, 0.2) is 23.3 Å². The number of aliphatic hydroxyl groups excluding tert-OH is 1. The SMILES string of the molecule is CCCC(CCO)CNC(=NCc1ccc(N2CCCC2)nc1)NCC. The standard InChI is InChI=1S/C20H35N5O/c1-3-7-17(10-13-26)14-23-20(21-4-2)24-16-18-8-9-19(22-15-18)25-11-5-6-12-25/h8-9,15,17,26H,3-7,10-14,16H2,1-2H3,(H2,21,23,24). The van der Waals surface area contributed by atoms with Crippen LogP contribution in [0.5, 0.6) is 0 Å². The van der Waals surface area contributed by atoms with Gasteiger partial charge in [0.05, 0.1) is 6.54 Å². The highest BCUT2D eigenvalue weighted by atomic mass is 16.3. The van der Waals surface area contributed by atoms with Crippen molar-refractivity contribution in [2.45, 2.75) is 52.5 Å². The first-order chi connectivity index (χ1) is 12.8. The van der Waals surface area contributed by atoms with Crippen LogP contribution in [-0.4, -0.2) is 48.8 Å². The Balaban J connectivity index is 1.88. The summed E-state index contributed by atoms with van der Waals surface area (Å²) in [4.78, 5) is 11.6. The van der Waals surface area contributed by atoms with Crippen LogP contribution in [0.25, 0.3) is 0 Å². The fourth-order valence-corrected chi connectivity index (χ4v) is 3.34. The van der Waals surface area contributed by atoms with Crippen molar-refractivity contribution in [1.82, 2.24) is 15.6 Å². The molecule has 26 heavy (non-hydrogen) atoms. The maximum Gasteiger partial charge on any atom is 0.191 e. The molecule has 3 N–H and O–H groups in total. The van der Waals surface area contributed by atoms with Gasteiger partial charge in [-0.1, -0.05) is 19.4 Å². The summed E-state index contributed by atoms with van der Waals surface area (Å²) in [6, 6.07) is 4.23. The summed E-state index contributed by atoms with van der Waals surface area (Å²) in [5.74, 6) is 2.39. The zero-order valence-corrected chi connectivity index (χ0v) is 16.4. The first-order valence-corrected chi connectivity index (χ1v) is 10.1. The van der Waals surface area contributed by atoms with Gasteiger partial charge in [-0.2, -0.15) is 0 Å². The molecular weight excluding hydrogens is 326 g/mol. The van der Waals surface area contributed by atoms with Gasteiger partial charge in [-0.3, -0.25) is 0 Å². The Hall–Kier alpha value is -1.82. The van der Waals surface area contributed by atoms with E-state index in [2.05, 4.69) is 51.5 Å².